The van der Waals surface area contributed by atoms with E-state index in [1.807, 2.05) is 0 Å². The number of carbonyl (C=O) groups is 1. The molecule has 0 aliphatic rings. The number of carbonyl (C=O) groups excluding carboxylic acids is 1. The monoisotopic (exact) mass is 283 g/mol. The smallest absolute Gasteiger partial charge is 0.258 e. The summed E-state index contributed by atoms with van der Waals surface area (Å²) in [6.45, 7) is 0. The first-order valence-corrected chi connectivity index (χ1v) is 5.67. The standard InChI is InChI=1S/C13H8F3NOS/c14-10-4-2-8(19)6-9(10)13(18)17-7-1-3-11(15)12(16)5-7/h1-6,19H,(H,17,18). The van der Waals surface area contributed by atoms with Crippen molar-refractivity contribution in [3.63, 3.8) is 0 Å². The van der Waals surface area contributed by atoms with Gasteiger partial charge in [0.2, 0.25) is 0 Å². The lowest BCUT2D eigenvalue weighted by Crippen LogP contribution is -2.14. The van der Waals surface area contributed by atoms with Crippen molar-refractivity contribution in [3.05, 3.63) is 59.4 Å². The molecule has 0 unspecified atom stereocenters. The van der Waals surface area contributed by atoms with Crippen LogP contribution in [-0.2, 0) is 0 Å². The van der Waals surface area contributed by atoms with Gasteiger partial charge in [0.15, 0.2) is 11.6 Å². The van der Waals surface area contributed by atoms with E-state index in [-0.39, 0.29) is 11.3 Å². The van der Waals surface area contributed by atoms with E-state index in [0.29, 0.717) is 4.90 Å². The zero-order valence-corrected chi connectivity index (χ0v) is 10.3. The Bertz CT molecular complexity index is 646. The van der Waals surface area contributed by atoms with Crippen LogP contribution in [0.4, 0.5) is 18.9 Å². The van der Waals surface area contributed by atoms with Crippen LogP contribution in [-0.4, -0.2) is 5.91 Å². The molecule has 98 valence electrons. The van der Waals surface area contributed by atoms with Gasteiger partial charge >= 0.3 is 0 Å². The Morgan fingerprint density at radius 2 is 1.63 bits per heavy atom. The zero-order valence-electron chi connectivity index (χ0n) is 9.45. The predicted molar refractivity (Wildman–Crippen MR) is 68.0 cm³/mol. The number of nitrogens with one attached hydrogen (secondary N) is 1. The van der Waals surface area contributed by atoms with Crippen LogP contribution in [0.25, 0.3) is 0 Å². The van der Waals surface area contributed by atoms with Gasteiger partial charge in [0, 0.05) is 16.6 Å². The summed E-state index contributed by atoms with van der Waals surface area (Å²) in [6.07, 6.45) is 0. The lowest BCUT2D eigenvalue weighted by atomic mass is 10.2. The van der Waals surface area contributed by atoms with Gasteiger partial charge in [-0.25, -0.2) is 13.2 Å². The number of benzene rings is 2. The Hall–Kier alpha value is -1.95. The van der Waals surface area contributed by atoms with E-state index in [0.717, 1.165) is 18.2 Å². The molecule has 19 heavy (non-hydrogen) atoms. The Balaban J connectivity index is 2.25. The number of hydrogen-bond donors (Lipinski definition) is 2. The van der Waals surface area contributed by atoms with E-state index < -0.39 is 23.4 Å². The summed E-state index contributed by atoms with van der Waals surface area (Å²) < 4.78 is 39.1. The fraction of sp³-hybridized carbons (Fsp3) is 0. The van der Waals surface area contributed by atoms with Crippen LogP contribution in [0.15, 0.2) is 41.3 Å². The first-order chi connectivity index (χ1) is 8.97. The molecule has 0 radical (unpaired) electrons. The summed E-state index contributed by atoms with van der Waals surface area (Å²) in [7, 11) is 0. The molecule has 2 nitrogen and oxygen atoms in total. The normalized spacial score (nSPS) is 10.3. The van der Waals surface area contributed by atoms with Crippen molar-refractivity contribution in [1.82, 2.24) is 0 Å². The molecule has 0 saturated carbocycles. The highest BCUT2D eigenvalue weighted by Crippen LogP contribution is 2.17. The third-order valence-corrected chi connectivity index (χ3v) is 2.65. The third-order valence-electron chi connectivity index (χ3n) is 2.37. The summed E-state index contributed by atoms with van der Waals surface area (Å²) in [5.41, 5.74) is -0.190. The molecular weight excluding hydrogens is 275 g/mol. The van der Waals surface area contributed by atoms with Gasteiger partial charge in [-0.3, -0.25) is 4.79 Å². The van der Waals surface area contributed by atoms with E-state index in [2.05, 4.69) is 17.9 Å². The minimum atomic E-state index is -1.10. The molecule has 2 aromatic rings. The molecule has 1 N–H and O–H groups in total. The lowest BCUT2D eigenvalue weighted by molar-refractivity contribution is 0.102. The first kappa shape index (κ1) is 13.5. The van der Waals surface area contributed by atoms with Crippen LogP contribution in [0.5, 0.6) is 0 Å². The Morgan fingerprint density at radius 3 is 2.32 bits per heavy atom. The third kappa shape index (κ3) is 3.08. The Morgan fingerprint density at radius 1 is 0.947 bits per heavy atom. The molecule has 2 rings (SSSR count). The molecule has 0 aromatic heterocycles. The van der Waals surface area contributed by atoms with Gasteiger partial charge < -0.3 is 5.32 Å². The quantitative estimate of drug-likeness (QED) is 0.809. The van der Waals surface area contributed by atoms with Crippen molar-refractivity contribution in [2.75, 3.05) is 5.32 Å². The highest BCUT2D eigenvalue weighted by Gasteiger charge is 2.13. The first-order valence-electron chi connectivity index (χ1n) is 5.22. The summed E-state index contributed by atoms with van der Waals surface area (Å²) in [5.74, 6) is -3.61. The van der Waals surface area contributed by atoms with Gasteiger partial charge in [-0.1, -0.05) is 0 Å². The summed E-state index contributed by atoms with van der Waals surface area (Å²) in [6, 6.07) is 6.60. The maximum absolute atomic E-state index is 13.4. The van der Waals surface area contributed by atoms with Crippen molar-refractivity contribution in [2.24, 2.45) is 0 Å². The van der Waals surface area contributed by atoms with Gasteiger partial charge in [-0.2, -0.15) is 0 Å². The molecular formula is C13H8F3NOS. The van der Waals surface area contributed by atoms with E-state index in [4.69, 9.17) is 0 Å². The second-order valence-corrected chi connectivity index (χ2v) is 4.26. The van der Waals surface area contributed by atoms with E-state index in [1.165, 1.54) is 18.2 Å². The van der Waals surface area contributed by atoms with Gasteiger partial charge in [0.05, 0.1) is 5.56 Å². The maximum atomic E-state index is 13.4. The average Bonchev–Trinajstić information content (AvgIpc) is 2.36. The van der Waals surface area contributed by atoms with E-state index in [1.54, 1.807) is 0 Å². The van der Waals surface area contributed by atoms with Crippen molar-refractivity contribution in [2.45, 2.75) is 4.90 Å². The number of halogens is 3. The lowest BCUT2D eigenvalue weighted by Gasteiger charge is -2.07. The molecule has 0 saturated heterocycles. The van der Waals surface area contributed by atoms with Crippen molar-refractivity contribution >= 4 is 24.2 Å². The van der Waals surface area contributed by atoms with Gasteiger partial charge in [-0.15, -0.1) is 12.6 Å². The number of rotatable bonds is 2. The number of amides is 1. The zero-order chi connectivity index (χ0) is 14.0. The maximum Gasteiger partial charge on any atom is 0.258 e. The summed E-state index contributed by atoms with van der Waals surface area (Å²) in [4.78, 5) is 12.2. The Kier molecular flexibility index (Phi) is 3.80. The van der Waals surface area contributed by atoms with Gasteiger partial charge in [-0.05, 0) is 30.3 Å². The van der Waals surface area contributed by atoms with Crippen LogP contribution in [0.3, 0.4) is 0 Å². The fourth-order valence-corrected chi connectivity index (χ4v) is 1.66. The Labute approximate surface area is 112 Å². The van der Waals surface area contributed by atoms with Gasteiger partial charge in [0.1, 0.15) is 5.82 Å². The average molecular weight is 283 g/mol. The van der Waals surface area contributed by atoms with E-state index >= 15 is 0 Å². The van der Waals surface area contributed by atoms with Crippen molar-refractivity contribution < 1.29 is 18.0 Å². The van der Waals surface area contributed by atoms with Crippen LogP contribution in [0.1, 0.15) is 10.4 Å². The SMILES string of the molecule is O=C(Nc1ccc(F)c(F)c1)c1cc(S)ccc1F. The molecule has 0 spiro atoms. The summed E-state index contributed by atoms with van der Waals surface area (Å²) >= 11 is 4.00. The van der Waals surface area contributed by atoms with Crippen LogP contribution in [0, 0.1) is 17.5 Å². The van der Waals surface area contributed by atoms with Crippen molar-refractivity contribution in [3.8, 4) is 0 Å². The summed E-state index contributed by atoms with van der Waals surface area (Å²) in [5, 5.41) is 2.27. The second kappa shape index (κ2) is 5.36. The molecule has 0 fully saturated rings. The number of anilines is 1. The molecule has 2 aromatic carbocycles. The molecule has 6 heteroatoms. The fourth-order valence-electron chi connectivity index (χ4n) is 1.46. The van der Waals surface area contributed by atoms with Crippen LogP contribution < -0.4 is 5.32 Å². The van der Waals surface area contributed by atoms with E-state index in [9.17, 15) is 18.0 Å². The number of thiol groups is 1. The molecule has 0 bridgehead atoms. The molecule has 1 amide bonds. The second-order valence-electron chi connectivity index (χ2n) is 3.75. The topological polar surface area (TPSA) is 29.1 Å². The molecule has 0 aliphatic carbocycles. The highest BCUT2D eigenvalue weighted by atomic mass is 32.1. The van der Waals surface area contributed by atoms with Gasteiger partial charge in [0.25, 0.3) is 5.91 Å². The molecule has 0 aliphatic heterocycles. The van der Waals surface area contributed by atoms with Crippen LogP contribution in [0.2, 0.25) is 0 Å². The number of hydrogen-bond acceptors (Lipinski definition) is 2. The minimum Gasteiger partial charge on any atom is -0.322 e. The predicted octanol–water partition coefficient (Wildman–Crippen LogP) is 3.64. The molecule has 0 atom stereocenters. The van der Waals surface area contributed by atoms with Crippen LogP contribution >= 0.6 is 12.6 Å². The molecule has 0 heterocycles. The minimum absolute atomic E-state index is 0.0351. The van der Waals surface area contributed by atoms with Crippen molar-refractivity contribution in [1.29, 1.82) is 0 Å². The largest absolute Gasteiger partial charge is 0.322 e. The highest BCUT2D eigenvalue weighted by molar-refractivity contribution is 7.80.